The molecule has 0 amide bonds. The van der Waals surface area contributed by atoms with Gasteiger partial charge >= 0.3 is 11.9 Å². The Morgan fingerprint density at radius 2 is 1.71 bits per heavy atom. The lowest BCUT2D eigenvalue weighted by atomic mass is 10.2. The van der Waals surface area contributed by atoms with Crippen molar-refractivity contribution in [1.82, 2.24) is 18.9 Å². The van der Waals surface area contributed by atoms with E-state index < -0.39 is 0 Å². The lowest BCUT2D eigenvalue weighted by Crippen LogP contribution is -2.06. The molecule has 0 radical (unpaired) electrons. The molecule has 0 fully saturated rings. The van der Waals surface area contributed by atoms with Crippen LogP contribution in [0.3, 0.4) is 0 Å². The summed E-state index contributed by atoms with van der Waals surface area (Å²) in [5, 5.41) is 0.657. The van der Waals surface area contributed by atoms with E-state index in [1.165, 1.54) is 0 Å². The Balaban J connectivity index is 1.78. The number of aryl methyl sites for hydroxylation is 1. The molecule has 0 unspecified atom stereocenters. The summed E-state index contributed by atoms with van der Waals surface area (Å²) < 4.78 is 14.7. The highest BCUT2D eigenvalue weighted by molar-refractivity contribution is 6.01. The average molecular weight is 457 g/mol. The van der Waals surface area contributed by atoms with Crippen LogP contribution in [0.15, 0.2) is 54.7 Å². The Hall–Kier alpha value is -4.20. The predicted octanol–water partition coefficient (Wildman–Crippen LogP) is 4.88. The number of ether oxygens (including phenoxy) is 2. The summed E-state index contributed by atoms with van der Waals surface area (Å²) in [5.74, 6) is 0.519. The van der Waals surface area contributed by atoms with Gasteiger partial charge in [-0.3, -0.25) is 13.8 Å². The third kappa shape index (κ3) is 3.48. The number of para-hydroxylation sites is 2. The topological polar surface area (TPSA) is 87.7 Å². The first kappa shape index (κ1) is 21.6. The van der Waals surface area contributed by atoms with Gasteiger partial charge in [-0.05, 0) is 43.3 Å². The van der Waals surface area contributed by atoms with E-state index in [0.717, 1.165) is 22.5 Å². The Bertz CT molecular complexity index is 1550. The van der Waals surface area contributed by atoms with Crippen LogP contribution in [0.1, 0.15) is 43.4 Å². The fraction of sp³-hybridized carbons (Fsp3) is 0.231. The molecular formula is C26H24N4O4. The molecule has 34 heavy (non-hydrogen) atoms. The van der Waals surface area contributed by atoms with E-state index in [2.05, 4.69) is 0 Å². The molecular weight excluding hydrogens is 432 g/mol. The fourth-order valence-corrected chi connectivity index (χ4v) is 4.10. The maximum Gasteiger partial charge on any atom is 0.338 e. The van der Waals surface area contributed by atoms with Gasteiger partial charge < -0.3 is 9.47 Å². The lowest BCUT2D eigenvalue weighted by Gasteiger charge is -2.09. The largest absolute Gasteiger partial charge is 0.462 e. The molecule has 0 bridgehead atoms. The molecule has 5 aromatic rings. The van der Waals surface area contributed by atoms with Gasteiger partial charge in [0.15, 0.2) is 17.0 Å². The minimum absolute atomic E-state index is 0.244. The van der Waals surface area contributed by atoms with Gasteiger partial charge in [-0.15, -0.1) is 0 Å². The number of hydrogen-bond donors (Lipinski definition) is 0. The van der Waals surface area contributed by atoms with Crippen LogP contribution in [0.4, 0.5) is 0 Å². The number of esters is 2. The lowest BCUT2D eigenvalue weighted by molar-refractivity contribution is -0.133. The van der Waals surface area contributed by atoms with Crippen molar-refractivity contribution in [3.8, 4) is 11.4 Å². The third-order valence-corrected chi connectivity index (χ3v) is 5.71. The Morgan fingerprint density at radius 3 is 2.41 bits per heavy atom. The van der Waals surface area contributed by atoms with Gasteiger partial charge in [0.05, 0.1) is 29.4 Å². The molecule has 2 aromatic carbocycles. The van der Waals surface area contributed by atoms with Crippen LogP contribution in [0.25, 0.3) is 33.4 Å². The fourth-order valence-electron chi connectivity index (χ4n) is 4.10. The van der Waals surface area contributed by atoms with Crippen LogP contribution in [-0.2, 0) is 16.0 Å². The van der Waals surface area contributed by atoms with Crippen molar-refractivity contribution in [3.63, 3.8) is 0 Å². The number of carbonyl (C=O) groups excluding carboxylic acids is 2. The van der Waals surface area contributed by atoms with Gasteiger partial charge in [-0.1, -0.05) is 26.0 Å². The summed E-state index contributed by atoms with van der Waals surface area (Å²) in [6.07, 6.45) is 2.68. The second-order valence-corrected chi connectivity index (χ2v) is 7.80. The molecule has 8 heteroatoms. The van der Waals surface area contributed by atoms with Gasteiger partial charge in [0.1, 0.15) is 11.2 Å². The maximum atomic E-state index is 12.3. The monoisotopic (exact) mass is 456 g/mol. The first-order valence-corrected chi connectivity index (χ1v) is 11.3. The molecule has 0 aliphatic carbocycles. The molecule has 5 rings (SSSR count). The third-order valence-electron chi connectivity index (χ3n) is 5.71. The van der Waals surface area contributed by atoms with Crippen molar-refractivity contribution in [2.45, 2.75) is 33.6 Å². The molecule has 0 aliphatic rings. The van der Waals surface area contributed by atoms with Crippen LogP contribution in [-0.4, -0.2) is 37.5 Å². The summed E-state index contributed by atoms with van der Waals surface area (Å²) in [4.78, 5) is 34.2. The number of hydrogen-bond acceptors (Lipinski definition) is 6. The molecule has 0 saturated heterocycles. The Labute approximate surface area is 195 Å². The number of aromatic nitrogens is 4. The van der Waals surface area contributed by atoms with Crippen molar-refractivity contribution in [1.29, 1.82) is 0 Å². The molecule has 0 saturated carbocycles. The molecule has 8 nitrogen and oxygen atoms in total. The van der Waals surface area contributed by atoms with Crippen molar-refractivity contribution in [2.75, 3.05) is 6.61 Å². The van der Waals surface area contributed by atoms with Gasteiger partial charge in [-0.2, -0.15) is 0 Å². The predicted molar refractivity (Wildman–Crippen MR) is 129 cm³/mol. The summed E-state index contributed by atoms with van der Waals surface area (Å²) >= 11 is 0. The number of imidazole rings is 1. The number of nitrogens with zero attached hydrogens (tertiary/aromatic N) is 4. The number of carbonyl (C=O) groups is 2. The van der Waals surface area contributed by atoms with Crippen molar-refractivity contribution < 1.29 is 19.1 Å². The molecule has 3 aromatic heterocycles. The highest BCUT2D eigenvalue weighted by atomic mass is 16.5. The number of benzene rings is 2. The van der Waals surface area contributed by atoms with Gasteiger partial charge in [0, 0.05) is 18.5 Å². The van der Waals surface area contributed by atoms with Gasteiger partial charge in [-0.25, -0.2) is 14.8 Å². The maximum absolute atomic E-state index is 12.3. The van der Waals surface area contributed by atoms with E-state index in [-0.39, 0.29) is 18.4 Å². The normalized spacial score (nSPS) is 11.4. The first-order chi connectivity index (χ1) is 16.5. The second-order valence-electron chi connectivity index (χ2n) is 7.80. The van der Waals surface area contributed by atoms with Crippen LogP contribution in [0.5, 0.6) is 5.75 Å². The van der Waals surface area contributed by atoms with Crippen molar-refractivity contribution in [2.24, 2.45) is 0 Å². The zero-order valence-electron chi connectivity index (χ0n) is 19.2. The van der Waals surface area contributed by atoms with Crippen LogP contribution < -0.4 is 4.74 Å². The van der Waals surface area contributed by atoms with Crippen LogP contribution in [0, 0.1) is 0 Å². The van der Waals surface area contributed by atoms with E-state index in [1.807, 2.05) is 52.3 Å². The summed E-state index contributed by atoms with van der Waals surface area (Å²) in [7, 11) is 0. The SMILES string of the molecule is CCOC(=O)c1ccc(-n2cc(OC(=O)CC)c3c2nc(CC)n2c4ccccc4nc32)cc1. The number of rotatable bonds is 6. The van der Waals surface area contributed by atoms with Crippen LogP contribution in [0.2, 0.25) is 0 Å². The van der Waals surface area contributed by atoms with Gasteiger partial charge in [0.2, 0.25) is 0 Å². The second kappa shape index (κ2) is 8.62. The Morgan fingerprint density at radius 1 is 0.941 bits per heavy atom. The summed E-state index contributed by atoms with van der Waals surface area (Å²) in [6, 6.07) is 14.9. The van der Waals surface area contributed by atoms with E-state index >= 15 is 0 Å². The van der Waals surface area contributed by atoms with Crippen LogP contribution >= 0.6 is 0 Å². The van der Waals surface area contributed by atoms with E-state index in [4.69, 9.17) is 19.4 Å². The molecule has 0 atom stereocenters. The smallest absolute Gasteiger partial charge is 0.338 e. The minimum atomic E-state index is -0.374. The molecule has 172 valence electrons. The Kier molecular flexibility index (Phi) is 5.49. The van der Waals surface area contributed by atoms with E-state index in [0.29, 0.717) is 41.0 Å². The zero-order chi connectivity index (χ0) is 23.8. The summed E-state index contributed by atoms with van der Waals surface area (Å²) in [5.41, 5.74) is 4.33. The average Bonchev–Trinajstić information content (AvgIpc) is 3.42. The highest BCUT2D eigenvalue weighted by Gasteiger charge is 2.22. The van der Waals surface area contributed by atoms with Crippen molar-refractivity contribution >= 4 is 39.7 Å². The molecule has 3 heterocycles. The van der Waals surface area contributed by atoms with Gasteiger partial charge in [0.25, 0.3) is 0 Å². The molecule has 0 aliphatic heterocycles. The summed E-state index contributed by atoms with van der Waals surface area (Å²) in [6.45, 7) is 5.88. The quantitative estimate of drug-likeness (QED) is 0.339. The standard InChI is InChI=1S/C26H24N4O4/c1-4-21-28-24-23(25-27-18-9-7-8-10-19(18)30(21)25)20(34-22(31)5-2)15-29(24)17-13-11-16(12-14-17)26(32)33-6-3/h7-15H,4-6H2,1-3H3. The van der Waals surface area contributed by atoms with E-state index in [1.54, 1.807) is 32.2 Å². The van der Waals surface area contributed by atoms with E-state index in [9.17, 15) is 9.59 Å². The minimum Gasteiger partial charge on any atom is -0.462 e. The molecule has 0 spiro atoms. The highest BCUT2D eigenvalue weighted by Crippen LogP contribution is 2.35. The number of fused-ring (bicyclic) bond motifs is 5. The van der Waals surface area contributed by atoms with Crippen molar-refractivity contribution in [3.05, 3.63) is 66.1 Å². The first-order valence-electron chi connectivity index (χ1n) is 11.3. The zero-order valence-corrected chi connectivity index (χ0v) is 19.2. The molecule has 0 N–H and O–H groups in total.